The largest absolute Gasteiger partial charge is 0.416 e. The Bertz CT molecular complexity index is 830. The SMILES string of the molecule is CCc1cc(C(F)(Cl)CCc2ccccc2C(F)(F)F)ccc1N1CCNCC1. The van der Waals surface area contributed by atoms with Crippen LogP contribution in [-0.4, -0.2) is 26.2 Å². The highest BCUT2D eigenvalue weighted by atomic mass is 35.5. The van der Waals surface area contributed by atoms with E-state index in [0.717, 1.165) is 49.9 Å². The van der Waals surface area contributed by atoms with Crippen LogP contribution >= 0.6 is 11.6 Å². The van der Waals surface area contributed by atoms with Crippen LogP contribution in [0, 0.1) is 0 Å². The lowest BCUT2D eigenvalue weighted by Gasteiger charge is -2.32. The first kappa shape index (κ1) is 21.9. The summed E-state index contributed by atoms with van der Waals surface area (Å²) in [5.41, 5.74) is 1.65. The number of aryl methyl sites for hydroxylation is 2. The zero-order valence-corrected chi connectivity index (χ0v) is 17.1. The highest BCUT2D eigenvalue weighted by Crippen LogP contribution is 2.40. The summed E-state index contributed by atoms with van der Waals surface area (Å²) < 4.78 is 54.8. The summed E-state index contributed by atoms with van der Waals surface area (Å²) in [7, 11) is 0. The topological polar surface area (TPSA) is 15.3 Å². The Hall–Kier alpha value is -1.79. The van der Waals surface area contributed by atoms with Gasteiger partial charge in [0.1, 0.15) is 0 Å². The normalized spacial score (nSPS) is 17.2. The van der Waals surface area contributed by atoms with Crippen LogP contribution in [0.5, 0.6) is 0 Å². The molecular formula is C22H25ClF4N2. The van der Waals surface area contributed by atoms with Crippen molar-refractivity contribution in [2.45, 2.75) is 37.5 Å². The van der Waals surface area contributed by atoms with Crippen molar-refractivity contribution in [3.8, 4) is 0 Å². The van der Waals surface area contributed by atoms with E-state index in [-0.39, 0.29) is 18.4 Å². The van der Waals surface area contributed by atoms with Gasteiger partial charge in [-0.2, -0.15) is 13.2 Å². The van der Waals surface area contributed by atoms with Crippen molar-refractivity contribution in [3.63, 3.8) is 0 Å². The molecule has 2 aromatic rings. The van der Waals surface area contributed by atoms with E-state index >= 15 is 4.39 Å². The van der Waals surface area contributed by atoms with Crippen LogP contribution in [0.15, 0.2) is 42.5 Å². The third-order valence-corrected chi connectivity index (χ3v) is 5.78. The highest BCUT2D eigenvalue weighted by Gasteiger charge is 2.35. The lowest BCUT2D eigenvalue weighted by molar-refractivity contribution is -0.138. The molecule has 1 aliphatic rings. The van der Waals surface area contributed by atoms with Crippen molar-refractivity contribution in [2.75, 3.05) is 31.1 Å². The van der Waals surface area contributed by atoms with Crippen LogP contribution in [0.4, 0.5) is 23.2 Å². The van der Waals surface area contributed by atoms with E-state index < -0.39 is 16.9 Å². The summed E-state index contributed by atoms with van der Waals surface area (Å²) in [6, 6.07) is 10.5. The summed E-state index contributed by atoms with van der Waals surface area (Å²) in [6.45, 7) is 5.54. The molecule has 1 atom stereocenters. The van der Waals surface area contributed by atoms with Crippen LogP contribution in [0.1, 0.15) is 35.6 Å². The second-order valence-corrected chi connectivity index (χ2v) is 7.89. The first-order chi connectivity index (χ1) is 13.7. The maximum absolute atomic E-state index is 15.3. The molecule has 3 rings (SSSR count). The van der Waals surface area contributed by atoms with Crippen LogP contribution < -0.4 is 10.2 Å². The van der Waals surface area contributed by atoms with Crippen LogP contribution in [0.3, 0.4) is 0 Å². The smallest absolute Gasteiger partial charge is 0.369 e. The third-order valence-electron chi connectivity index (χ3n) is 5.37. The van der Waals surface area contributed by atoms with Gasteiger partial charge in [-0.1, -0.05) is 42.8 Å². The molecule has 1 aliphatic heterocycles. The van der Waals surface area contributed by atoms with Gasteiger partial charge in [-0.15, -0.1) is 0 Å². The quantitative estimate of drug-likeness (QED) is 0.471. The van der Waals surface area contributed by atoms with E-state index in [0.29, 0.717) is 5.56 Å². The molecule has 29 heavy (non-hydrogen) atoms. The van der Waals surface area contributed by atoms with Crippen molar-refractivity contribution >= 4 is 17.3 Å². The summed E-state index contributed by atoms with van der Waals surface area (Å²) in [6.07, 6.45) is -4.09. The Balaban J connectivity index is 1.79. The summed E-state index contributed by atoms with van der Waals surface area (Å²) in [5, 5.41) is 1.07. The van der Waals surface area contributed by atoms with Gasteiger partial charge in [-0.3, -0.25) is 0 Å². The molecule has 1 unspecified atom stereocenters. The predicted molar refractivity (Wildman–Crippen MR) is 109 cm³/mol. The molecule has 0 aliphatic carbocycles. The average molecular weight is 429 g/mol. The molecule has 0 radical (unpaired) electrons. The van der Waals surface area contributed by atoms with Gasteiger partial charge in [0.15, 0.2) is 0 Å². The van der Waals surface area contributed by atoms with E-state index in [1.54, 1.807) is 12.1 Å². The molecule has 1 heterocycles. The molecule has 1 fully saturated rings. The first-order valence-corrected chi connectivity index (χ1v) is 10.2. The van der Waals surface area contributed by atoms with Gasteiger partial charge in [-0.05, 0) is 42.2 Å². The van der Waals surface area contributed by atoms with Gasteiger partial charge in [0, 0.05) is 43.9 Å². The summed E-state index contributed by atoms with van der Waals surface area (Å²) in [5.74, 6) is 0. The molecule has 0 aromatic heterocycles. The van der Waals surface area contributed by atoms with Crippen molar-refractivity contribution in [3.05, 3.63) is 64.7 Å². The minimum atomic E-state index is -4.47. The van der Waals surface area contributed by atoms with Gasteiger partial charge < -0.3 is 10.2 Å². The monoisotopic (exact) mass is 428 g/mol. The number of hydrogen-bond donors (Lipinski definition) is 1. The Morgan fingerprint density at radius 3 is 2.34 bits per heavy atom. The van der Waals surface area contributed by atoms with Gasteiger partial charge >= 0.3 is 6.18 Å². The first-order valence-electron chi connectivity index (χ1n) is 9.84. The third kappa shape index (κ3) is 5.23. The summed E-state index contributed by atoms with van der Waals surface area (Å²) >= 11 is 6.17. The number of anilines is 1. The zero-order valence-electron chi connectivity index (χ0n) is 16.3. The zero-order chi connectivity index (χ0) is 21.1. The van der Waals surface area contributed by atoms with Gasteiger partial charge in [0.05, 0.1) is 5.56 Å². The van der Waals surface area contributed by atoms with Crippen molar-refractivity contribution < 1.29 is 17.6 Å². The number of nitrogens with zero attached hydrogens (tertiary/aromatic N) is 1. The fourth-order valence-electron chi connectivity index (χ4n) is 3.76. The van der Waals surface area contributed by atoms with E-state index in [1.165, 1.54) is 18.2 Å². The van der Waals surface area contributed by atoms with E-state index in [4.69, 9.17) is 11.6 Å². The Morgan fingerprint density at radius 1 is 1.00 bits per heavy atom. The van der Waals surface area contributed by atoms with Gasteiger partial charge in [-0.25, -0.2) is 4.39 Å². The number of alkyl halides is 5. The van der Waals surface area contributed by atoms with Crippen molar-refractivity contribution in [1.29, 1.82) is 0 Å². The molecule has 1 N–H and O–H groups in total. The van der Waals surface area contributed by atoms with Crippen molar-refractivity contribution in [2.24, 2.45) is 0 Å². The fourth-order valence-corrected chi connectivity index (χ4v) is 3.97. The van der Waals surface area contributed by atoms with E-state index in [2.05, 4.69) is 10.2 Å². The molecule has 0 bridgehead atoms. The molecule has 0 saturated carbocycles. The second kappa shape index (κ2) is 8.92. The van der Waals surface area contributed by atoms with Gasteiger partial charge in [0.25, 0.3) is 0 Å². The number of hydrogen-bond acceptors (Lipinski definition) is 2. The molecule has 158 valence electrons. The number of halogens is 5. The number of benzene rings is 2. The predicted octanol–water partition coefficient (Wildman–Crippen LogP) is 5.67. The van der Waals surface area contributed by atoms with Crippen LogP contribution in [0.2, 0.25) is 0 Å². The molecule has 1 saturated heterocycles. The standard InChI is InChI=1S/C22H25ClF4N2/c1-2-16-15-18(7-8-20(16)29-13-11-28-12-14-29)21(23,24)10-9-17-5-3-4-6-19(17)22(25,26)27/h3-8,15,28H,2,9-14H2,1H3. The highest BCUT2D eigenvalue weighted by molar-refractivity contribution is 6.22. The molecule has 2 aromatic carbocycles. The molecule has 2 nitrogen and oxygen atoms in total. The Labute approximate surface area is 173 Å². The Morgan fingerprint density at radius 2 is 1.69 bits per heavy atom. The maximum atomic E-state index is 15.3. The minimum absolute atomic E-state index is 0.0517. The summed E-state index contributed by atoms with van der Waals surface area (Å²) in [4.78, 5) is 2.26. The molecule has 0 spiro atoms. The number of rotatable bonds is 6. The number of piperazine rings is 1. The van der Waals surface area contributed by atoms with Crippen molar-refractivity contribution in [1.82, 2.24) is 5.32 Å². The minimum Gasteiger partial charge on any atom is -0.369 e. The van der Waals surface area contributed by atoms with E-state index in [9.17, 15) is 13.2 Å². The molecule has 7 heteroatoms. The number of nitrogens with one attached hydrogen (secondary N) is 1. The maximum Gasteiger partial charge on any atom is 0.416 e. The van der Waals surface area contributed by atoms with Crippen LogP contribution in [0.25, 0.3) is 0 Å². The molecular weight excluding hydrogens is 404 g/mol. The van der Waals surface area contributed by atoms with Crippen LogP contribution in [-0.2, 0) is 24.1 Å². The second-order valence-electron chi connectivity index (χ2n) is 7.29. The Kier molecular flexibility index (Phi) is 6.74. The lowest BCUT2D eigenvalue weighted by atomic mass is 9.96. The van der Waals surface area contributed by atoms with E-state index in [1.807, 2.05) is 13.0 Å². The molecule has 0 amide bonds. The average Bonchev–Trinajstić information content (AvgIpc) is 2.72. The lowest BCUT2D eigenvalue weighted by Crippen LogP contribution is -2.43. The fraction of sp³-hybridized carbons (Fsp3) is 0.455. The van der Waals surface area contributed by atoms with Gasteiger partial charge in [0.2, 0.25) is 5.13 Å².